The predicted octanol–water partition coefficient (Wildman–Crippen LogP) is 2.99. The Morgan fingerprint density at radius 1 is 1.06 bits per heavy atom. The van der Waals surface area contributed by atoms with E-state index in [-0.39, 0.29) is 41.5 Å². The van der Waals surface area contributed by atoms with Gasteiger partial charge in [0.15, 0.2) is 5.16 Å². The number of piperazine rings is 1. The summed E-state index contributed by atoms with van der Waals surface area (Å²) in [6, 6.07) is 12.8. The highest BCUT2D eigenvalue weighted by atomic mass is 32.2. The van der Waals surface area contributed by atoms with Gasteiger partial charge in [0.25, 0.3) is 5.56 Å². The topological polar surface area (TPSA) is 87.5 Å². The molecular weight excluding hydrogens is 469 g/mol. The Kier molecular flexibility index (Phi) is 7.82. The van der Waals surface area contributed by atoms with Gasteiger partial charge in [-0.2, -0.15) is 0 Å². The van der Waals surface area contributed by atoms with Crippen molar-refractivity contribution in [2.45, 2.75) is 25.0 Å². The van der Waals surface area contributed by atoms with Crippen LogP contribution in [0.4, 0.5) is 10.1 Å². The van der Waals surface area contributed by atoms with Crippen molar-refractivity contribution >= 4 is 40.2 Å². The van der Waals surface area contributed by atoms with Crippen molar-refractivity contribution in [2.75, 3.05) is 43.8 Å². The van der Waals surface area contributed by atoms with E-state index in [4.69, 9.17) is 0 Å². The molecule has 0 saturated carbocycles. The van der Waals surface area contributed by atoms with Gasteiger partial charge in [-0.15, -0.1) is 0 Å². The normalized spacial score (nSPS) is 14.5. The van der Waals surface area contributed by atoms with E-state index in [0.29, 0.717) is 47.9 Å². The molecule has 2 heterocycles. The molecule has 0 unspecified atom stereocenters. The van der Waals surface area contributed by atoms with Gasteiger partial charge in [0.2, 0.25) is 11.8 Å². The molecule has 1 aliphatic heterocycles. The van der Waals surface area contributed by atoms with Gasteiger partial charge in [-0.1, -0.05) is 23.9 Å². The van der Waals surface area contributed by atoms with E-state index in [1.807, 2.05) is 30.9 Å². The summed E-state index contributed by atoms with van der Waals surface area (Å²) in [7, 11) is 0. The Hall–Kier alpha value is -3.24. The minimum atomic E-state index is -0.356. The standard InChI is InChI=1S/C25H28FN5O3S/c1-17(2)31-24(34)20-5-3-4-6-21(20)28-25(31)35-16-23(33)30-13-11-29(12-14-30)15-22(32)27-19-9-7-18(26)8-10-19/h3-10,17H,11-16H2,1-2H3,(H,27,32). The highest BCUT2D eigenvalue weighted by molar-refractivity contribution is 7.99. The molecule has 0 aliphatic carbocycles. The minimum absolute atomic E-state index is 0.0249. The molecule has 0 bridgehead atoms. The molecule has 1 N–H and O–H groups in total. The molecule has 0 spiro atoms. The monoisotopic (exact) mass is 497 g/mol. The fourth-order valence-electron chi connectivity index (χ4n) is 3.99. The zero-order chi connectivity index (χ0) is 24.9. The molecule has 0 radical (unpaired) electrons. The van der Waals surface area contributed by atoms with Crippen molar-refractivity contribution in [3.63, 3.8) is 0 Å². The second-order valence-electron chi connectivity index (χ2n) is 8.68. The number of carbonyl (C=O) groups excluding carboxylic acids is 2. The molecule has 3 aromatic rings. The van der Waals surface area contributed by atoms with E-state index in [2.05, 4.69) is 10.3 Å². The lowest BCUT2D eigenvalue weighted by atomic mass is 10.2. The number of nitrogens with zero attached hydrogens (tertiary/aromatic N) is 4. The van der Waals surface area contributed by atoms with Gasteiger partial charge in [0, 0.05) is 37.9 Å². The van der Waals surface area contributed by atoms with Crippen LogP contribution in [0.5, 0.6) is 0 Å². The SMILES string of the molecule is CC(C)n1c(SCC(=O)N2CCN(CC(=O)Nc3ccc(F)cc3)CC2)nc2ccccc2c1=O. The molecule has 1 saturated heterocycles. The van der Waals surface area contributed by atoms with E-state index in [1.165, 1.54) is 36.0 Å². The summed E-state index contributed by atoms with van der Waals surface area (Å²) in [5.74, 6) is -0.377. The molecule has 184 valence electrons. The van der Waals surface area contributed by atoms with Crippen molar-refractivity contribution in [1.82, 2.24) is 19.4 Å². The van der Waals surface area contributed by atoms with Crippen molar-refractivity contribution < 1.29 is 14.0 Å². The first-order valence-electron chi connectivity index (χ1n) is 11.5. The molecule has 1 fully saturated rings. The summed E-state index contributed by atoms with van der Waals surface area (Å²) in [6.45, 7) is 6.26. The molecule has 10 heteroatoms. The molecular formula is C25H28FN5O3S. The smallest absolute Gasteiger partial charge is 0.262 e. The highest BCUT2D eigenvalue weighted by Crippen LogP contribution is 2.21. The summed E-state index contributed by atoms with van der Waals surface area (Å²) >= 11 is 1.28. The lowest BCUT2D eigenvalue weighted by Crippen LogP contribution is -2.50. The number of anilines is 1. The van der Waals surface area contributed by atoms with Crippen molar-refractivity contribution in [3.05, 3.63) is 64.7 Å². The van der Waals surface area contributed by atoms with E-state index < -0.39 is 0 Å². The minimum Gasteiger partial charge on any atom is -0.339 e. The Labute approximate surface area is 207 Å². The fraction of sp³-hybridized carbons (Fsp3) is 0.360. The summed E-state index contributed by atoms with van der Waals surface area (Å²) in [5, 5.41) is 3.86. The summed E-state index contributed by atoms with van der Waals surface area (Å²) < 4.78 is 14.6. The van der Waals surface area contributed by atoms with Crippen LogP contribution in [0.15, 0.2) is 58.5 Å². The van der Waals surface area contributed by atoms with Gasteiger partial charge in [-0.3, -0.25) is 23.9 Å². The first-order chi connectivity index (χ1) is 16.8. The molecule has 4 rings (SSSR count). The van der Waals surface area contributed by atoms with Gasteiger partial charge < -0.3 is 10.2 Å². The number of hydrogen-bond acceptors (Lipinski definition) is 6. The van der Waals surface area contributed by atoms with Gasteiger partial charge in [0.1, 0.15) is 5.82 Å². The fourth-order valence-corrected chi connectivity index (χ4v) is 5.02. The van der Waals surface area contributed by atoms with E-state index in [9.17, 15) is 18.8 Å². The number of amides is 2. The zero-order valence-electron chi connectivity index (χ0n) is 19.7. The van der Waals surface area contributed by atoms with E-state index in [1.54, 1.807) is 21.6 Å². The van der Waals surface area contributed by atoms with Crippen LogP contribution in [0, 0.1) is 5.82 Å². The number of aromatic nitrogens is 2. The largest absolute Gasteiger partial charge is 0.339 e. The number of nitrogens with one attached hydrogen (secondary N) is 1. The summed E-state index contributed by atoms with van der Waals surface area (Å²) in [5.41, 5.74) is 1.06. The average molecular weight is 498 g/mol. The molecule has 2 aromatic carbocycles. The molecule has 1 aromatic heterocycles. The van der Waals surface area contributed by atoms with Crippen LogP contribution in [0.25, 0.3) is 10.9 Å². The van der Waals surface area contributed by atoms with Crippen LogP contribution in [0.3, 0.4) is 0 Å². The third-order valence-electron chi connectivity index (χ3n) is 5.84. The van der Waals surface area contributed by atoms with Crippen molar-refractivity contribution in [2.24, 2.45) is 0 Å². The maximum absolute atomic E-state index is 13.0. The average Bonchev–Trinajstić information content (AvgIpc) is 2.84. The molecule has 0 atom stereocenters. The number of carbonyl (C=O) groups is 2. The van der Waals surface area contributed by atoms with E-state index in [0.717, 1.165) is 0 Å². The second-order valence-corrected chi connectivity index (χ2v) is 9.62. The molecule has 8 nitrogen and oxygen atoms in total. The van der Waals surface area contributed by atoms with Crippen LogP contribution < -0.4 is 10.9 Å². The Morgan fingerprint density at radius 3 is 2.43 bits per heavy atom. The number of thioether (sulfide) groups is 1. The van der Waals surface area contributed by atoms with Crippen LogP contribution in [0.1, 0.15) is 19.9 Å². The van der Waals surface area contributed by atoms with Crippen LogP contribution >= 0.6 is 11.8 Å². The second kappa shape index (κ2) is 11.0. The Bertz CT molecular complexity index is 1270. The third-order valence-corrected chi connectivity index (χ3v) is 6.77. The van der Waals surface area contributed by atoms with Crippen molar-refractivity contribution in [3.8, 4) is 0 Å². The van der Waals surface area contributed by atoms with Gasteiger partial charge >= 0.3 is 0 Å². The summed E-state index contributed by atoms with van der Waals surface area (Å²) in [4.78, 5) is 46.5. The van der Waals surface area contributed by atoms with E-state index >= 15 is 0 Å². The molecule has 1 aliphatic rings. The number of para-hydroxylation sites is 1. The Morgan fingerprint density at radius 2 is 1.74 bits per heavy atom. The maximum atomic E-state index is 13.0. The third kappa shape index (κ3) is 6.07. The van der Waals surface area contributed by atoms with Crippen molar-refractivity contribution in [1.29, 1.82) is 0 Å². The molecule has 2 amide bonds. The van der Waals surface area contributed by atoms with Crippen LogP contribution in [0.2, 0.25) is 0 Å². The lowest BCUT2D eigenvalue weighted by molar-refractivity contribution is -0.130. The zero-order valence-corrected chi connectivity index (χ0v) is 20.6. The quantitative estimate of drug-likeness (QED) is 0.399. The number of fused-ring (bicyclic) bond motifs is 1. The van der Waals surface area contributed by atoms with Gasteiger partial charge in [-0.25, -0.2) is 9.37 Å². The van der Waals surface area contributed by atoms with Gasteiger partial charge in [0.05, 0.1) is 23.2 Å². The molecule has 35 heavy (non-hydrogen) atoms. The maximum Gasteiger partial charge on any atom is 0.262 e. The highest BCUT2D eigenvalue weighted by Gasteiger charge is 2.23. The number of benzene rings is 2. The first-order valence-corrected chi connectivity index (χ1v) is 12.5. The van der Waals surface area contributed by atoms with Gasteiger partial charge in [-0.05, 0) is 50.2 Å². The first kappa shape index (κ1) is 24.9. The predicted molar refractivity (Wildman–Crippen MR) is 135 cm³/mol. The number of hydrogen-bond donors (Lipinski definition) is 1. The Balaban J connectivity index is 1.30. The number of halogens is 1. The van der Waals surface area contributed by atoms with Crippen LogP contribution in [-0.2, 0) is 9.59 Å². The lowest BCUT2D eigenvalue weighted by Gasteiger charge is -2.34. The van der Waals surface area contributed by atoms with Crippen LogP contribution in [-0.4, -0.2) is 69.6 Å². The number of rotatable bonds is 7. The summed E-state index contributed by atoms with van der Waals surface area (Å²) in [6.07, 6.45) is 0.